The second-order valence-corrected chi connectivity index (χ2v) is 13.0. The summed E-state index contributed by atoms with van der Waals surface area (Å²) in [6.45, 7) is 17.6. The van der Waals surface area contributed by atoms with Gasteiger partial charge in [-0.3, -0.25) is 4.79 Å². The lowest BCUT2D eigenvalue weighted by Crippen LogP contribution is -2.29. The van der Waals surface area contributed by atoms with E-state index in [0.717, 1.165) is 21.7 Å². The molecule has 7 nitrogen and oxygen atoms in total. The van der Waals surface area contributed by atoms with Crippen LogP contribution in [-0.4, -0.2) is 43.6 Å². The van der Waals surface area contributed by atoms with Gasteiger partial charge in [0.1, 0.15) is 16.7 Å². The monoisotopic (exact) mass is 523 g/mol. The van der Waals surface area contributed by atoms with Gasteiger partial charge in [-0.25, -0.2) is 19.3 Å². The molecule has 0 unspecified atom stereocenters. The third-order valence-electron chi connectivity index (χ3n) is 5.40. The third kappa shape index (κ3) is 7.22. The first-order chi connectivity index (χ1) is 17.1. The summed E-state index contributed by atoms with van der Waals surface area (Å²) in [6.07, 6.45) is 4.81. The Labute approximate surface area is 223 Å². The van der Waals surface area contributed by atoms with Crippen LogP contribution in [0.25, 0.3) is 23.1 Å². The summed E-state index contributed by atoms with van der Waals surface area (Å²) in [4.78, 5) is 35.3. The molecule has 0 amide bonds. The van der Waals surface area contributed by atoms with Crippen molar-refractivity contribution in [2.75, 3.05) is 6.61 Å². The van der Waals surface area contributed by atoms with E-state index in [2.05, 4.69) is 30.7 Å². The summed E-state index contributed by atoms with van der Waals surface area (Å²) in [7, 11) is 0. The van der Waals surface area contributed by atoms with Gasteiger partial charge in [0, 0.05) is 21.4 Å². The van der Waals surface area contributed by atoms with Crippen LogP contribution in [0.3, 0.4) is 0 Å². The average Bonchev–Trinajstić information content (AvgIpc) is 3.14. The van der Waals surface area contributed by atoms with Crippen LogP contribution in [-0.2, 0) is 19.7 Å². The lowest BCUT2D eigenvalue weighted by Gasteiger charge is -2.22. The van der Waals surface area contributed by atoms with Crippen molar-refractivity contribution >= 4 is 46.9 Å². The molecule has 0 spiro atoms. The van der Waals surface area contributed by atoms with Crippen molar-refractivity contribution in [3.05, 3.63) is 53.7 Å². The Bertz CT molecular complexity index is 1330. The normalized spacial score (nSPS) is 12.8. The van der Waals surface area contributed by atoms with Crippen molar-refractivity contribution in [1.82, 2.24) is 14.5 Å². The maximum Gasteiger partial charge on any atom is 0.419 e. The maximum atomic E-state index is 13.2. The lowest BCUT2D eigenvalue weighted by molar-refractivity contribution is -0.145. The van der Waals surface area contributed by atoms with Crippen molar-refractivity contribution in [2.24, 2.45) is 0 Å². The number of carbonyl (C=O) groups is 2. The second-order valence-electron chi connectivity index (χ2n) is 11.3. The third-order valence-corrected chi connectivity index (χ3v) is 6.57. The van der Waals surface area contributed by atoms with Crippen LogP contribution in [0.15, 0.2) is 41.6 Å². The summed E-state index contributed by atoms with van der Waals surface area (Å²) in [5, 5.41) is 0.855. The molecule has 1 aromatic carbocycles. The van der Waals surface area contributed by atoms with E-state index in [0.29, 0.717) is 17.8 Å². The highest BCUT2D eigenvalue weighted by Gasteiger charge is 2.31. The van der Waals surface area contributed by atoms with E-state index in [-0.39, 0.29) is 11.4 Å². The van der Waals surface area contributed by atoms with Gasteiger partial charge >= 0.3 is 12.1 Å². The number of ether oxygens (including phenoxy) is 2. The number of hydrogen-bond acceptors (Lipinski definition) is 7. The molecule has 0 fully saturated rings. The van der Waals surface area contributed by atoms with E-state index in [1.54, 1.807) is 17.8 Å². The molecule has 0 saturated heterocycles. The molecule has 0 saturated carbocycles. The molecular weight excluding hydrogens is 486 g/mol. The maximum absolute atomic E-state index is 13.2. The predicted molar refractivity (Wildman–Crippen MR) is 150 cm³/mol. The van der Waals surface area contributed by atoms with Crippen LogP contribution in [0.2, 0.25) is 0 Å². The van der Waals surface area contributed by atoms with E-state index in [9.17, 15) is 9.59 Å². The Morgan fingerprint density at radius 2 is 1.68 bits per heavy atom. The first-order valence-corrected chi connectivity index (χ1v) is 13.2. The fourth-order valence-electron chi connectivity index (χ4n) is 3.60. The van der Waals surface area contributed by atoms with Crippen molar-refractivity contribution in [3.8, 4) is 0 Å². The smallest absolute Gasteiger partial charge is 0.419 e. The van der Waals surface area contributed by atoms with Crippen LogP contribution in [0.5, 0.6) is 0 Å². The van der Waals surface area contributed by atoms with Gasteiger partial charge in [-0.05, 0) is 84.0 Å². The SMILES string of the molecule is CCOC(=O)C(C)(C)Sc1ccc2c(c1)cc(/C=C/c1cc(C(C)(C)C)ncn1)n2C(=O)OC(C)(C)C. The van der Waals surface area contributed by atoms with E-state index in [1.807, 2.05) is 77.1 Å². The van der Waals surface area contributed by atoms with Crippen molar-refractivity contribution < 1.29 is 19.1 Å². The summed E-state index contributed by atoms with van der Waals surface area (Å²) < 4.78 is 11.8. The van der Waals surface area contributed by atoms with E-state index < -0.39 is 16.4 Å². The van der Waals surface area contributed by atoms with E-state index >= 15 is 0 Å². The Morgan fingerprint density at radius 3 is 2.30 bits per heavy atom. The highest BCUT2D eigenvalue weighted by Crippen LogP contribution is 2.36. The minimum atomic E-state index is -0.752. The number of benzene rings is 1. The van der Waals surface area contributed by atoms with Crippen LogP contribution in [0, 0.1) is 0 Å². The Morgan fingerprint density at radius 1 is 0.973 bits per heavy atom. The second kappa shape index (κ2) is 10.7. The number of rotatable bonds is 6. The minimum Gasteiger partial charge on any atom is -0.465 e. The fourth-order valence-corrected chi connectivity index (χ4v) is 4.65. The zero-order chi connectivity index (χ0) is 27.6. The van der Waals surface area contributed by atoms with Crippen molar-refractivity contribution in [1.29, 1.82) is 0 Å². The Kier molecular flexibility index (Phi) is 8.22. The van der Waals surface area contributed by atoms with Gasteiger partial charge in [0.2, 0.25) is 0 Å². The number of thioether (sulfide) groups is 1. The lowest BCUT2D eigenvalue weighted by atomic mass is 9.91. The van der Waals surface area contributed by atoms with E-state index in [4.69, 9.17) is 9.47 Å². The molecule has 0 N–H and O–H groups in total. The molecule has 8 heteroatoms. The number of esters is 1. The quantitative estimate of drug-likeness (QED) is 0.251. The van der Waals surface area contributed by atoms with Crippen molar-refractivity contribution in [3.63, 3.8) is 0 Å². The van der Waals surface area contributed by atoms with Gasteiger partial charge in [0.25, 0.3) is 0 Å². The number of fused-ring (bicyclic) bond motifs is 1. The summed E-state index contributed by atoms with van der Waals surface area (Å²) >= 11 is 1.42. The largest absolute Gasteiger partial charge is 0.465 e. The standard InChI is InChI=1S/C29H37N3O4S/c1-10-35-25(33)29(8,9)37-22-13-14-23-19(16-22)15-21(32(23)26(34)36-28(5,6)7)12-11-20-17-24(27(2,3)4)31-18-30-20/h11-18H,10H2,1-9H3/b12-11+. The number of aromatic nitrogens is 3. The molecule has 0 aliphatic heterocycles. The molecule has 0 aliphatic carbocycles. The number of carbonyl (C=O) groups excluding carboxylic acids is 2. The molecule has 3 aromatic rings. The molecule has 2 aromatic heterocycles. The summed E-state index contributed by atoms with van der Waals surface area (Å²) in [5.41, 5.74) is 2.29. The van der Waals surface area contributed by atoms with Gasteiger partial charge in [0.05, 0.1) is 23.5 Å². The Balaban J connectivity index is 2.05. The van der Waals surface area contributed by atoms with Gasteiger partial charge in [-0.15, -0.1) is 11.8 Å². The fraction of sp³-hybridized carbons (Fsp3) is 0.448. The summed E-state index contributed by atoms with van der Waals surface area (Å²) in [6, 6.07) is 9.64. The molecule has 37 heavy (non-hydrogen) atoms. The predicted octanol–water partition coefficient (Wildman–Crippen LogP) is 7.12. The molecular formula is C29H37N3O4S. The number of hydrogen-bond donors (Lipinski definition) is 0. The molecule has 0 aliphatic rings. The molecule has 0 bridgehead atoms. The van der Waals surface area contributed by atoms with Crippen LogP contribution in [0.4, 0.5) is 4.79 Å². The minimum absolute atomic E-state index is 0.109. The van der Waals surface area contributed by atoms with Crippen LogP contribution >= 0.6 is 11.8 Å². The first kappa shape index (κ1) is 28.4. The van der Waals surface area contributed by atoms with Crippen LogP contribution < -0.4 is 0 Å². The zero-order valence-corrected chi connectivity index (χ0v) is 24.0. The molecule has 0 atom stereocenters. The molecule has 198 valence electrons. The average molecular weight is 524 g/mol. The number of nitrogens with zero attached hydrogens (tertiary/aromatic N) is 3. The van der Waals surface area contributed by atoms with Gasteiger partial charge in [-0.1, -0.05) is 20.8 Å². The van der Waals surface area contributed by atoms with Crippen molar-refractivity contribution in [2.45, 2.75) is 83.0 Å². The topological polar surface area (TPSA) is 83.3 Å². The van der Waals surface area contributed by atoms with Crippen LogP contribution in [0.1, 0.15) is 79.4 Å². The van der Waals surface area contributed by atoms with Gasteiger partial charge < -0.3 is 9.47 Å². The zero-order valence-electron chi connectivity index (χ0n) is 23.2. The van der Waals surface area contributed by atoms with E-state index in [1.165, 1.54) is 11.8 Å². The highest BCUT2D eigenvalue weighted by atomic mass is 32.2. The first-order valence-electron chi connectivity index (χ1n) is 12.4. The molecule has 0 radical (unpaired) electrons. The molecule has 2 heterocycles. The van der Waals surface area contributed by atoms with Gasteiger partial charge in [-0.2, -0.15) is 0 Å². The molecule has 3 rings (SSSR count). The van der Waals surface area contributed by atoms with Gasteiger partial charge in [0.15, 0.2) is 0 Å². The Hall–Kier alpha value is -3.13. The highest BCUT2D eigenvalue weighted by molar-refractivity contribution is 8.01. The summed E-state index contributed by atoms with van der Waals surface area (Å²) in [5.74, 6) is -0.269.